The minimum atomic E-state index is 0.473. The van der Waals surface area contributed by atoms with Crippen LogP contribution >= 0.6 is 0 Å². The van der Waals surface area contributed by atoms with Crippen molar-refractivity contribution in [2.24, 2.45) is 17.6 Å². The van der Waals surface area contributed by atoms with Gasteiger partial charge in [0.25, 0.3) is 0 Å². The van der Waals surface area contributed by atoms with Gasteiger partial charge in [0.1, 0.15) is 0 Å². The Bertz CT molecular complexity index is 219. The van der Waals surface area contributed by atoms with Gasteiger partial charge in [-0.15, -0.1) is 0 Å². The van der Waals surface area contributed by atoms with Gasteiger partial charge in [-0.05, 0) is 57.0 Å². The molecule has 0 radical (unpaired) electrons. The maximum Gasteiger partial charge on any atom is 0.00953 e. The van der Waals surface area contributed by atoms with Gasteiger partial charge < -0.3 is 10.6 Å². The number of rotatable bonds is 2. The second-order valence-electron chi connectivity index (χ2n) is 6.54. The summed E-state index contributed by atoms with van der Waals surface area (Å²) in [7, 11) is 0. The minimum absolute atomic E-state index is 0.473. The molecular weight excluding hydrogens is 208 g/mol. The second-order valence-corrected chi connectivity index (χ2v) is 6.54. The molecular formula is C15H30N2. The van der Waals surface area contributed by atoms with Crippen LogP contribution in [0.3, 0.4) is 0 Å². The van der Waals surface area contributed by atoms with E-state index in [9.17, 15) is 0 Å². The Morgan fingerprint density at radius 2 is 1.65 bits per heavy atom. The van der Waals surface area contributed by atoms with Crippen molar-refractivity contribution in [3.63, 3.8) is 0 Å². The van der Waals surface area contributed by atoms with Crippen molar-refractivity contribution in [2.75, 3.05) is 13.1 Å². The first kappa shape index (κ1) is 13.4. The normalized spacial score (nSPS) is 33.9. The first-order valence-electron chi connectivity index (χ1n) is 7.66. The molecule has 2 rings (SSSR count). The molecule has 2 fully saturated rings. The van der Waals surface area contributed by atoms with Gasteiger partial charge in [-0.25, -0.2) is 0 Å². The van der Waals surface area contributed by atoms with Crippen LogP contribution in [-0.4, -0.2) is 30.1 Å². The van der Waals surface area contributed by atoms with E-state index in [1.54, 1.807) is 0 Å². The summed E-state index contributed by atoms with van der Waals surface area (Å²) in [6.45, 7) is 7.28. The molecule has 0 spiro atoms. The first-order chi connectivity index (χ1) is 8.16. The molecule has 100 valence electrons. The van der Waals surface area contributed by atoms with Crippen molar-refractivity contribution in [3.05, 3.63) is 0 Å². The summed E-state index contributed by atoms with van der Waals surface area (Å²) in [6, 6.07) is 1.34. The van der Waals surface area contributed by atoms with E-state index in [0.29, 0.717) is 6.04 Å². The number of likely N-dealkylation sites (tertiary alicyclic amines) is 1. The smallest absolute Gasteiger partial charge is 0.00953 e. The van der Waals surface area contributed by atoms with Crippen LogP contribution in [0.4, 0.5) is 0 Å². The average Bonchev–Trinajstić information content (AvgIpc) is 2.55. The van der Waals surface area contributed by atoms with Gasteiger partial charge in [0.15, 0.2) is 0 Å². The van der Waals surface area contributed by atoms with Crippen molar-refractivity contribution in [3.8, 4) is 0 Å². The molecule has 2 aliphatic rings. The van der Waals surface area contributed by atoms with Gasteiger partial charge in [-0.3, -0.25) is 0 Å². The van der Waals surface area contributed by atoms with Crippen LogP contribution in [0.2, 0.25) is 0 Å². The third-order valence-corrected chi connectivity index (χ3v) is 5.02. The van der Waals surface area contributed by atoms with Crippen molar-refractivity contribution in [1.82, 2.24) is 4.90 Å². The maximum atomic E-state index is 5.99. The SMILES string of the molecule is CC(C)C1CCCC(N2CCC(N)CC2)CC1. The van der Waals surface area contributed by atoms with E-state index in [2.05, 4.69) is 18.7 Å². The van der Waals surface area contributed by atoms with Crippen molar-refractivity contribution < 1.29 is 0 Å². The molecule has 2 nitrogen and oxygen atoms in total. The number of piperidine rings is 1. The highest BCUT2D eigenvalue weighted by Gasteiger charge is 2.27. The Labute approximate surface area is 107 Å². The fourth-order valence-corrected chi connectivity index (χ4v) is 3.63. The van der Waals surface area contributed by atoms with Crippen LogP contribution in [-0.2, 0) is 0 Å². The zero-order chi connectivity index (χ0) is 12.3. The predicted molar refractivity (Wildman–Crippen MR) is 74.0 cm³/mol. The third-order valence-electron chi connectivity index (χ3n) is 5.02. The van der Waals surface area contributed by atoms with Gasteiger partial charge in [0.2, 0.25) is 0 Å². The number of nitrogens with zero attached hydrogens (tertiary/aromatic N) is 1. The van der Waals surface area contributed by atoms with E-state index in [1.165, 1.54) is 58.0 Å². The van der Waals surface area contributed by atoms with Crippen LogP contribution in [0, 0.1) is 11.8 Å². The Hall–Kier alpha value is -0.0800. The Morgan fingerprint density at radius 3 is 2.29 bits per heavy atom. The highest BCUT2D eigenvalue weighted by atomic mass is 15.2. The topological polar surface area (TPSA) is 29.3 Å². The standard InChI is InChI=1S/C15H30N2/c1-12(2)13-4-3-5-15(7-6-13)17-10-8-14(16)9-11-17/h12-15H,3-11,16H2,1-2H3. The lowest BCUT2D eigenvalue weighted by Gasteiger charge is -2.36. The van der Waals surface area contributed by atoms with E-state index < -0.39 is 0 Å². The van der Waals surface area contributed by atoms with E-state index in [-0.39, 0.29) is 0 Å². The largest absolute Gasteiger partial charge is 0.328 e. The first-order valence-corrected chi connectivity index (χ1v) is 7.66. The molecule has 1 aliphatic heterocycles. The fourth-order valence-electron chi connectivity index (χ4n) is 3.63. The average molecular weight is 238 g/mol. The lowest BCUT2D eigenvalue weighted by atomic mass is 9.89. The molecule has 1 heterocycles. The molecule has 0 bridgehead atoms. The molecule has 0 amide bonds. The summed E-state index contributed by atoms with van der Waals surface area (Å²) in [5.41, 5.74) is 5.99. The van der Waals surface area contributed by atoms with Crippen molar-refractivity contribution in [1.29, 1.82) is 0 Å². The fraction of sp³-hybridized carbons (Fsp3) is 1.00. The van der Waals surface area contributed by atoms with Crippen LogP contribution in [0.1, 0.15) is 58.8 Å². The second kappa shape index (κ2) is 6.19. The van der Waals surface area contributed by atoms with Gasteiger partial charge in [-0.1, -0.05) is 26.7 Å². The number of hydrogen-bond acceptors (Lipinski definition) is 2. The maximum absolute atomic E-state index is 5.99. The van der Waals surface area contributed by atoms with Crippen LogP contribution in [0.25, 0.3) is 0 Å². The predicted octanol–water partition coefficient (Wildman–Crippen LogP) is 3.01. The van der Waals surface area contributed by atoms with E-state index in [4.69, 9.17) is 5.73 Å². The van der Waals surface area contributed by atoms with E-state index in [1.807, 2.05) is 0 Å². The molecule has 2 atom stereocenters. The zero-order valence-corrected chi connectivity index (χ0v) is 11.7. The third kappa shape index (κ3) is 3.69. The van der Waals surface area contributed by atoms with Crippen LogP contribution in [0.15, 0.2) is 0 Å². The molecule has 17 heavy (non-hydrogen) atoms. The number of nitrogens with two attached hydrogens (primary N) is 1. The van der Waals surface area contributed by atoms with E-state index >= 15 is 0 Å². The molecule has 0 aromatic carbocycles. The molecule has 2 unspecified atom stereocenters. The molecule has 2 heteroatoms. The lowest BCUT2D eigenvalue weighted by molar-refractivity contribution is 0.138. The summed E-state index contributed by atoms with van der Waals surface area (Å²) < 4.78 is 0. The lowest BCUT2D eigenvalue weighted by Crippen LogP contribution is -2.44. The van der Waals surface area contributed by atoms with Crippen LogP contribution < -0.4 is 5.73 Å². The van der Waals surface area contributed by atoms with Gasteiger partial charge >= 0.3 is 0 Å². The van der Waals surface area contributed by atoms with Gasteiger partial charge in [0.05, 0.1) is 0 Å². The van der Waals surface area contributed by atoms with Crippen molar-refractivity contribution >= 4 is 0 Å². The highest BCUT2D eigenvalue weighted by molar-refractivity contribution is 4.83. The summed E-state index contributed by atoms with van der Waals surface area (Å²) in [6.07, 6.45) is 9.63. The minimum Gasteiger partial charge on any atom is -0.328 e. The molecule has 0 aromatic rings. The number of hydrogen-bond donors (Lipinski definition) is 1. The quantitative estimate of drug-likeness (QED) is 0.749. The molecule has 1 saturated carbocycles. The summed E-state index contributed by atoms with van der Waals surface area (Å²) >= 11 is 0. The molecule has 0 aromatic heterocycles. The highest BCUT2D eigenvalue weighted by Crippen LogP contribution is 2.31. The van der Waals surface area contributed by atoms with Gasteiger partial charge in [-0.2, -0.15) is 0 Å². The van der Waals surface area contributed by atoms with Crippen molar-refractivity contribution in [2.45, 2.75) is 70.9 Å². The van der Waals surface area contributed by atoms with E-state index in [0.717, 1.165) is 17.9 Å². The Morgan fingerprint density at radius 1 is 0.941 bits per heavy atom. The summed E-state index contributed by atoms with van der Waals surface area (Å²) in [5, 5.41) is 0. The zero-order valence-electron chi connectivity index (χ0n) is 11.7. The van der Waals surface area contributed by atoms with Gasteiger partial charge in [0, 0.05) is 12.1 Å². The Kier molecular flexibility index (Phi) is 4.87. The molecule has 2 N–H and O–H groups in total. The molecule has 1 aliphatic carbocycles. The monoisotopic (exact) mass is 238 g/mol. The molecule has 1 saturated heterocycles. The summed E-state index contributed by atoms with van der Waals surface area (Å²) in [4.78, 5) is 2.73. The Balaban J connectivity index is 1.82. The van der Waals surface area contributed by atoms with Crippen LogP contribution in [0.5, 0.6) is 0 Å². The summed E-state index contributed by atoms with van der Waals surface area (Å²) in [5.74, 6) is 1.86.